The molecule has 0 bridgehead atoms. The highest BCUT2D eigenvalue weighted by atomic mass is 35.5. The summed E-state index contributed by atoms with van der Waals surface area (Å²) in [7, 11) is -3.76. The molecular formula is C13H17ClN2O4S. The third-order valence-electron chi connectivity index (χ3n) is 3.22. The third kappa shape index (κ3) is 3.74. The largest absolute Gasteiger partial charge is 0.396 e. The Morgan fingerprint density at radius 1 is 1.48 bits per heavy atom. The van der Waals surface area contributed by atoms with Crippen LogP contribution in [0.3, 0.4) is 0 Å². The van der Waals surface area contributed by atoms with Gasteiger partial charge < -0.3 is 10.4 Å². The van der Waals surface area contributed by atoms with Crippen LogP contribution in [0.15, 0.2) is 17.0 Å². The van der Waals surface area contributed by atoms with Gasteiger partial charge in [-0.15, -0.1) is 0 Å². The van der Waals surface area contributed by atoms with Crippen LogP contribution in [-0.4, -0.2) is 32.1 Å². The van der Waals surface area contributed by atoms with Gasteiger partial charge in [0, 0.05) is 18.3 Å². The minimum Gasteiger partial charge on any atom is -0.396 e. The molecule has 1 atom stereocenters. The lowest BCUT2D eigenvalue weighted by atomic mass is 10.2. The lowest BCUT2D eigenvalue weighted by molar-refractivity contribution is -0.115. The Labute approximate surface area is 128 Å². The molecule has 1 aliphatic rings. The standard InChI is InChI=1S/C13H17ClN2O4S/c1-8(3-2-4-17)16-21(19,20)12-5-9-6-13(18)15-11(9)7-10(12)14/h5,7-8,16-17H,2-4,6H2,1H3,(H,15,18). The van der Waals surface area contributed by atoms with Gasteiger partial charge in [0.1, 0.15) is 4.90 Å². The van der Waals surface area contributed by atoms with Crippen molar-refractivity contribution in [1.29, 1.82) is 0 Å². The molecule has 21 heavy (non-hydrogen) atoms. The summed E-state index contributed by atoms with van der Waals surface area (Å²) in [5, 5.41) is 11.5. The van der Waals surface area contributed by atoms with E-state index in [1.54, 1.807) is 6.92 Å². The van der Waals surface area contributed by atoms with E-state index in [0.717, 1.165) is 0 Å². The number of hydrogen-bond donors (Lipinski definition) is 3. The van der Waals surface area contributed by atoms with Crippen LogP contribution in [0.2, 0.25) is 5.02 Å². The van der Waals surface area contributed by atoms with Crippen molar-refractivity contribution in [3.63, 3.8) is 0 Å². The van der Waals surface area contributed by atoms with Gasteiger partial charge in [-0.05, 0) is 37.5 Å². The number of sulfonamides is 1. The van der Waals surface area contributed by atoms with Crippen LogP contribution in [0.25, 0.3) is 0 Å². The number of hydrogen-bond acceptors (Lipinski definition) is 4. The van der Waals surface area contributed by atoms with Gasteiger partial charge in [-0.1, -0.05) is 11.6 Å². The number of rotatable bonds is 6. The van der Waals surface area contributed by atoms with Gasteiger partial charge in [-0.2, -0.15) is 0 Å². The Hall–Kier alpha value is -1.15. The lowest BCUT2D eigenvalue weighted by Gasteiger charge is -2.15. The van der Waals surface area contributed by atoms with Gasteiger partial charge in [0.2, 0.25) is 15.9 Å². The van der Waals surface area contributed by atoms with Gasteiger partial charge in [-0.3, -0.25) is 4.79 Å². The molecule has 1 unspecified atom stereocenters. The Balaban J connectivity index is 2.25. The van der Waals surface area contributed by atoms with Crippen LogP contribution < -0.4 is 10.0 Å². The first-order valence-corrected chi connectivity index (χ1v) is 8.45. The fraction of sp³-hybridized carbons (Fsp3) is 0.462. The molecule has 1 heterocycles. The summed E-state index contributed by atoms with van der Waals surface area (Å²) in [6.45, 7) is 1.74. The minimum atomic E-state index is -3.76. The number of amides is 1. The maximum atomic E-state index is 12.3. The second-order valence-corrected chi connectivity index (χ2v) is 7.14. The molecule has 1 aliphatic heterocycles. The molecule has 0 radical (unpaired) electrons. The quantitative estimate of drug-likeness (QED) is 0.731. The van der Waals surface area contributed by atoms with Crippen molar-refractivity contribution in [2.45, 2.75) is 37.1 Å². The molecule has 2 rings (SSSR count). The molecule has 1 aromatic rings. The summed E-state index contributed by atoms with van der Waals surface area (Å²) in [6, 6.07) is 2.57. The highest BCUT2D eigenvalue weighted by Crippen LogP contribution is 2.32. The molecule has 0 aromatic heterocycles. The van der Waals surface area contributed by atoms with Crippen molar-refractivity contribution in [3.05, 3.63) is 22.7 Å². The van der Waals surface area contributed by atoms with Gasteiger partial charge in [0.05, 0.1) is 11.4 Å². The highest BCUT2D eigenvalue weighted by Gasteiger charge is 2.25. The summed E-state index contributed by atoms with van der Waals surface area (Å²) in [4.78, 5) is 11.3. The average molecular weight is 333 g/mol. The maximum absolute atomic E-state index is 12.3. The summed E-state index contributed by atoms with van der Waals surface area (Å²) in [5.74, 6) is -0.181. The van der Waals surface area contributed by atoms with E-state index < -0.39 is 10.0 Å². The molecule has 1 aromatic carbocycles. The number of benzene rings is 1. The summed E-state index contributed by atoms with van der Waals surface area (Å²) in [5.41, 5.74) is 1.17. The van der Waals surface area contributed by atoms with Crippen molar-refractivity contribution in [3.8, 4) is 0 Å². The van der Waals surface area contributed by atoms with Crippen LogP contribution >= 0.6 is 11.6 Å². The fourth-order valence-electron chi connectivity index (χ4n) is 2.22. The summed E-state index contributed by atoms with van der Waals surface area (Å²) >= 11 is 6.02. The Morgan fingerprint density at radius 2 is 2.19 bits per heavy atom. The van der Waals surface area contributed by atoms with Crippen molar-refractivity contribution in [2.24, 2.45) is 0 Å². The normalized spacial score (nSPS) is 15.7. The van der Waals surface area contributed by atoms with E-state index in [-0.39, 0.29) is 34.9 Å². The van der Waals surface area contributed by atoms with Crippen molar-refractivity contribution in [2.75, 3.05) is 11.9 Å². The molecule has 0 fully saturated rings. The van der Waals surface area contributed by atoms with E-state index >= 15 is 0 Å². The van der Waals surface area contributed by atoms with Gasteiger partial charge in [0.25, 0.3) is 0 Å². The molecule has 0 aliphatic carbocycles. The molecule has 6 nitrogen and oxygen atoms in total. The first kappa shape index (κ1) is 16.2. The molecule has 8 heteroatoms. The van der Waals surface area contributed by atoms with Crippen molar-refractivity contribution < 1.29 is 18.3 Å². The number of anilines is 1. The molecule has 116 valence electrons. The Bertz CT molecular complexity index is 660. The van der Waals surface area contributed by atoms with E-state index in [1.807, 2.05) is 0 Å². The average Bonchev–Trinajstić information content (AvgIpc) is 2.73. The highest BCUT2D eigenvalue weighted by molar-refractivity contribution is 7.89. The van der Waals surface area contributed by atoms with Gasteiger partial charge >= 0.3 is 0 Å². The maximum Gasteiger partial charge on any atom is 0.242 e. The summed E-state index contributed by atoms with van der Waals surface area (Å²) in [6.07, 6.45) is 1.19. The Kier molecular flexibility index (Phi) is 4.88. The molecule has 0 saturated heterocycles. The van der Waals surface area contributed by atoms with Crippen molar-refractivity contribution in [1.82, 2.24) is 4.72 Å². The van der Waals surface area contributed by atoms with Crippen LogP contribution in [-0.2, 0) is 21.2 Å². The van der Waals surface area contributed by atoms with Gasteiger partial charge in [-0.25, -0.2) is 13.1 Å². The van der Waals surface area contributed by atoms with Crippen LogP contribution in [0.5, 0.6) is 0 Å². The van der Waals surface area contributed by atoms with Crippen LogP contribution in [0.1, 0.15) is 25.3 Å². The monoisotopic (exact) mass is 332 g/mol. The predicted molar refractivity (Wildman–Crippen MR) is 79.9 cm³/mol. The molecule has 0 saturated carbocycles. The van der Waals surface area contributed by atoms with E-state index in [9.17, 15) is 13.2 Å². The van der Waals surface area contributed by atoms with E-state index in [4.69, 9.17) is 16.7 Å². The summed E-state index contributed by atoms with van der Waals surface area (Å²) < 4.78 is 27.2. The molecule has 3 N–H and O–H groups in total. The molecular weight excluding hydrogens is 316 g/mol. The topological polar surface area (TPSA) is 95.5 Å². The SMILES string of the molecule is CC(CCCO)NS(=O)(=O)c1cc2c(cc1Cl)NC(=O)C2. The fourth-order valence-corrected chi connectivity index (χ4v) is 4.07. The predicted octanol–water partition coefficient (Wildman–Crippen LogP) is 1.27. The minimum absolute atomic E-state index is 0.0133. The van der Waals surface area contributed by atoms with E-state index in [2.05, 4.69) is 10.0 Å². The third-order valence-corrected chi connectivity index (χ3v) is 5.28. The number of fused-ring (bicyclic) bond motifs is 1. The molecule has 1 amide bonds. The number of carbonyl (C=O) groups excluding carboxylic acids is 1. The second kappa shape index (κ2) is 6.31. The first-order chi connectivity index (χ1) is 9.83. The van der Waals surface area contributed by atoms with Gasteiger partial charge in [0.15, 0.2) is 0 Å². The number of halogens is 1. The zero-order chi connectivity index (χ0) is 15.6. The van der Waals surface area contributed by atoms with E-state index in [0.29, 0.717) is 24.1 Å². The number of carbonyl (C=O) groups is 1. The second-order valence-electron chi connectivity index (χ2n) is 5.05. The number of aliphatic hydroxyl groups is 1. The lowest BCUT2D eigenvalue weighted by Crippen LogP contribution is -2.33. The van der Waals surface area contributed by atoms with Crippen LogP contribution in [0, 0.1) is 0 Å². The number of nitrogens with one attached hydrogen (secondary N) is 2. The smallest absolute Gasteiger partial charge is 0.242 e. The zero-order valence-electron chi connectivity index (χ0n) is 11.5. The Morgan fingerprint density at radius 3 is 2.86 bits per heavy atom. The zero-order valence-corrected chi connectivity index (χ0v) is 13.1. The van der Waals surface area contributed by atoms with Crippen LogP contribution in [0.4, 0.5) is 5.69 Å². The van der Waals surface area contributed by atoms with Crippen molar-refractivity contribution >= 4 is 33.2 Å². The first-order valence-electron chi connectivity index (χ1n) is 6.59. The van der Waals surface area contributed by atoms with E-state index in [1.165, 1.54) is 12.1 Å². The molecule has 0 spiro atoms. The number of aliphatic hydroxyl groups excluding tert-OH is 1.